The van der Waals surface area contributed by atoms with Gasteiger partial charge in [0, 0.05) is 0 Å². The Hall–Kier alpha value is -4.06. The van der Waals surface area contributed by atoms with Gasteiger partial charge in [0.1, 0.15) is 23.1 Å². The minimum absolute atomic E-state index is 0.0498. The number of anilines is 1. The molecule has 0 radical (unpaired) electrons. The first-order valence-corrected chi connectivity index (χ1v) is 8.49. The fraction of sp³-hybridized carbons (Fsp3) is 0.200. The van der Waals surface area contributed by atoms with Crippen LogP contribution in [0.25, 0.3) is 6.08 Å². The monoisotopic (exact) mass is 397 g/mol. The molecule has 0 saturated carbocycles. The smallest absolute Gasteiger partial charge is 0.296 e. The van der Waals surface area contributed by atoms with Crippen molar-refractivity contribution >= 4 is 23.4 Å². The van der Waals surface area contributed by atoms with Crippen LogP contribution in [0.3, 0.4) is 0 Å². The van der Waals surface area contributed by atoms with Crippen molar-refractivity contribution in [1.82, 2.24) is 0 Å². The molecule has 0 spiro atoms. The molecule has 0 aliphatic carbocycles. The van der Waals surface area contributed by atoms with Crippen molar-refractivity contribution in [1.29, 1.82) is 5.26 Å². The van der Waals surface area contributed by atoms with Crippen molar-refractivity contribution in [2.45, 2.75) is 6.92 Å². The molecule has 0 atom stereocenters. The number of nitrogens with one attached hydrogen (secondary N) is 1. The first kappa shape index (κ1) is 21.2. The van der Waals surface area contributed by atoms with Gasteiger partial charge >= 0.3 is 0 Å². The van der Waals surface area contributed by atoms with Crippen molar-refractivity contribution in [2.75, 3.05) is 26.1 Å². The number of nitro groups is 1. The molecule has 0 unspecified atom stereocenters. The van der Waals surface area contributed by atoms with E-state index in [0.29, 0.717) is 23.7 Å². The molecule has 0 bridgehead atoms. The van der Waals surface area contributed by atoms with Crippen molar-refractivity contribution in [3.8, 4) is 23.3 Å². The molecule has 0 aliphatic heterocycles. The van der Waals surface area contributed by atoms with E-state index in [4.69, 9.17) is 14.2 Å². The minimum atomic E-state index is -0.784. The number of nitrogens with zero attached hydrogens (tertiary/aromatic N) is 2. The van der Waals surface area contributed by atoms with Crippen LogP contribution in [0.2, 0.25) is 0 Å². The molecule has 150 valence electrons. The molecule has 0 aliphatic rings. The topological polar surface area (TPSA) is 124 Å². The number of carbonyl (C=O) groups is 1. The maximum atomic E-state index is 12.5. The second-order valence-electron chi connectivity index (χ2n) is 5.61. The number of amides is 1. The van der Waals surface area contributed by atoms with Gasteiger partial charge < -0.3 is 19.5 Å². The first-order chi connectivity index (χ1) is 13.9. The summed E-state index contributed by atoms with van der Waals surface area (Å²) in [7, 11) is 2.85. The van der Waals surface area contributed by atoms with Crippen molar-refractivity contribution < 1.29 is 23.9 Å². The summed E-state index contributed by atoms with van der Waals surface area (Å²) in [5.74, 6) is 0.467. The molecule has 2 aromatic rings. The SMILES string of the molecule is CCOc1ccc(/C=C(\C#N)C(=O)Nc2ccc(OC)cc2[N+](=O)[O-])cc1OC. The normalized spacial score (nSPS) is 10.6. The van der Waals surface area contributed by atoms with Gasteiger partial charge in [0.2, 0.25) is 0 Å². The van der Waals surface area contributed by atoms with E-state index < -0.39 is 10.8 Å². The van der Waals surface area contributed by atoms with Gasteiger partial charge in [-0.3, -0.25) is 14.9 Å². The average molecular weight is 397 g/mol. The number of hydrogen-bond acceptors (Lipinski definition) is 7. The number of nitro benzene ring substituents is 1. The fourth-order valence-electron chi connectivity index (χ4n) is 2.45. The van der Waals surface area contributed by atoms with Gasteiger partial charge in [0.15, 0.2) is 11.5 Å². The summed E-state index contributed by atoms with van der Waals surface area (Å²) in [5.41, 5.74) is -0.105. The van der Waals surface area contributed by atoms with Gasteiger partial charge in [-0.2, -0.15) is 5.26 Å². The maximum absolute atomic E-state index is 12.5. The summed E-state index contributed by atoms with van der Waals surface area (Å²) in [6, 6.07) is 10.7. The Morgan fingerprint density at radius 3 is 2.55 bits per heavy atom. The van der Waals surface area contributed by atoms with Gasteiger partial charge in [-0.15, -0.1) is 0 Å². The molecular formula is C20H19N3O6. The quantitative estimate of drug-likeness (QED) is 0.312. The largest absolute Gasteiger partial charge is 0.496 e. The van der Waals surface area contributed by atoms with Gasteiger partial charge in [-0.1, -0.05) is 6.07 Å². The third-order valence-corrected chi connectivity index (χ3v) is 3.81. The molecule has 2 aromatic carbocycles. The van der Waals surface area contributed by atoms with E-state index in [9.17, 15) is 20.2 Å². The van der Waals surface area contributed by atoms with Crippen LogP contribution in [0.15, 0.2) is 42.0 Å². The molecule has 1 amide bonds. The predicted molar refractivity (Wildman–Crippen MR) is 106 cm³/mol. The Labute approximate surface area is 167 Å². The number of nitriles is 1. The van der Waals surface area contributed by atoms with Gasteiger partial charge in [-0.25, -0.2) is 0 Å². The van der Waals surface area contributed by atoms with E-state index in [2.05, 4.69) is 5.32 Å². The number of rotatable bonds is 8. The average Bonchev–Trinajstić information content (AvgIpc) is 2.72. The van der Waals surface area contributed by atoms with Crippen molar-refractivity contribution in [3.63, 3.8) is 0 Å². The van der Waals surface area contributed by atoms with Crippen molar-refractivity contribution in [3.05, 3.63) is 57.6 Å². The molecule has 9 nitrogen and oxygen atoms in total. The number of ether oxygens (including phenoxy) is 3. The lowest BCUT2D eigenvalue weighted by Crippen LogP contribution is -2.14. The van der Waals surface area contributed by atoms with Gasteiger partial charge in [-0.05, 0) is 42.8 Å². The lowest BCUT2D eigenvalue weighted by molar-refractivity contribution is -0.384. The van der Waals surface area contributed by atoms with Crippen LogP contribution in [-0.4, -0.2) is 31.7 Å². The summed E-state index contributed by atoms with van der Waals surface area (Å²) < 4.78 is 15.6. The van der Waals surface area contributed by atoms with Gasteiger partial charge in [0.05, 0.1) is 31.8 Å². The molecule has 1 N–H and O–H groups in total. The van der Waals surface area contributed by atoms with Crippen LogP contribution in [0.5, 0.6) is 17.2 Å². The second kappa shape index (κ2) is 9.75. The third kappa shape index (κ3) is 5.23. The standard InChI is InChI=1S/C20H19N3O6/c1-4-29-18-8-5-13(10-19(18)28-3)9-14(12-21)20(24)22-16-7-6-15(27-2)11-17(16)23(25)26/h5-11H,4H2,1-3H3,(H,22,24)/b14-9+. The zero-order chi connectivity index (χ0) is 21.4. The number of hydrogen-bond donors (Lipinski definition) is 1. The second-order valence-corrected chi connectivity index (χ2v) is 5.61. The third-order valence-electron chi connectivity index (χ3n) is 3.81. The highest BCUT2D eigenvalue weighted by molar-refractivity contribution is 6.10. The van der Waals surface area contributed by atoms with E-state index in [-0.39, 0.29) is 22.7 Å². The highest BCUT2D eigenvalue weighted by Crippen LogP contribution is 2.30. The summed E-state index contributed by atoms with van der Waals surface area (Å²) >= 11 is 0. The first-order valence-electron chi connectivity index (χ1n) is 8.49. The summed E-state index contributed by atoms with van der Waals surface area (Å²) in [6.45, 7) is 2.29. The zero-order valence-electron chi connectivity index (χ0n) is 16.1. The van der Waals surface area contributed by atoms with E-state index in [1.165, 1.54) is 38.5 Å². The minimum Gasteiger partial charge on any atom is -0.496 e. The van der Waals surface area contributed by atoms with E-state index in [1.54, 1.807) is 24.3 Å². The van der Waals surface area contributed by atoms with Crippen LogP contribution in [0.1, 0.15) is 12.5 Å². The maximum Gasteiger partial charge on any atom is 0.296 e. The van der Waals surface area contributed by atoms with Crippen LogP contribution in [-0.2, 0) is 4.79 Å². The zero-order valence-corrected chi connectivity index (χ0v) is 16.1. The van der Waals surface area contributed by atoms with Crippen LogP contribution in [0, 0.1) is 21.4 Å². The molecule has 9 heteroatoms. The Morgan fingerprint density at radius 2 is 1.97 bits per heavy atom. The number of carbonyl (C=O) groups excluding carboxylic acids is 1. The van der Waals surface area contributed by atoms with Gasteiger partial charge in [0.25, 0.3) is 11.6 Å². The Morgan fingerprint density at radius 1 is 1.21 bits per heavy atom. The Bertz CT molecular complexity index is 994. The summed E-state index contributed by atoms with van der Waals surface area (Å²) in [5, 5.41) is 23.0. The molecule has 0 aromatic heterocycles. The molecule has 0 fully saturated rings. The van der Waals surface area contributed by atoms with Crippen LogP contribution in [0.4, 0.5) is 11.4 Å². The summed E-state index contributed by atoms with van der Waals surface area (Å²) in [6.07, 6.45) is 1.35. The van der Waals surface area contributed by atoms with E-state index in [1.807, 2.05) is 6.92 Å². The molecular weight excluding hydrogens is 378 g/mol. The highest BCUT2D eigenvalue weighted by Gasteiger charge is 2.19. The van der Waals surface area contributed by atoms with Crippen LogP contribution >= 0.6 is 0 Å². The lowest BCUT2D eigenvalue weighted by Gasteiger charge is -2.10. The molecule has 0 saturated heterocycles. The fourth-order valence-corrected chi connectivity index (χ4v) is 2.45. The van der Waals surface area contributed by atoms with E-state index >= 15 is 0 Å². The summed E-state index contributed by atoms with van der Waals surface area (Å²) in [4.78, 5) is 23.1. The number of methoxy groups -OCH3 is 2. The number of benzene rings is 2. The Balaban J connectivity index is 2.32. The van der Waals surface area contributed by atoms with E-state index in [0.717, 1.165) is 0 Å². The van der Waals surface area contributed by atoms with Crippen molar-refractivity contribution in [2.24, 2.45) is 0 Å². The lowest BCUT2D eigenvalue weighted by atomic mass is 10.1. The van der Waals surface area contributed by atoms with Crippen LogP contribution < -0.4 is 19.5 Å². The molecule has 0 heterocycles. The highest BCUT2D eigenvalue weighted by atomic mass is 16.6. The Kier molecular flexibility index (Phi) is 7.14. The predicted octanol–water partition coefficient (Wildman–Crippen LogP) is 3.56. The molecule has 2 rings (SSSR count). The molecule has 29 heavy (non-hydrogen) atoms.